The third-order valence-electron chi connectivity index (χ3n) is 3.46. The fourth-order valence-corrected chi connectivity index (χ4v) is 2.32. The van der Waals surface area contributed by atoms with Crippen LogP contribution in [0.2, 0.25) is 0 Å². The highest BCUT2D eigenvalue weighted by atomic mass is 16.2. The van der Waals surface area contributed by atoms with Gasteiger partial charge in [-0.05, 0) is 12.1 Å². The highest BCUT2D eigenvalue weighted by Crippen LogP contribution is 2.18. The Kier molecular flexibility index (Phi) is 4.45. The standard InChI is InChI=1S/C15H18N4O3/c1-17-14(21)10(8-13(16)20)18-15(22)12-7-9-5-3-4-6-11(9)19(12)2/h3-7,10H,8H2,1-2H3,(H2,16,20)(H,17,21)(H,18,22)/t10-/m0/s1. The number of hydrogen-bond acceptors (Lipinski definition) is 3. The molecule has 1 heterocycles. The zero-order valence-corrected chi connectivity index (χ0v) is 12.4. The van der Waals surface area contributed by atoms with Gasteiger partial charge >= 0.3 is 0 Å². The van der Waals surface area contributed by atoms with Crippen LogP contribution in [0.25, 0.3) is 10.9 Å². The first-order valence-electron chi connectivity index (χ1n) is 6.79. The van der Waals surface area contributed by atoms with E-state index in [0.29, 0.717) is 5.69 Å². The van der Waals surface area contributed by atoms with Gasteiger partial charge in [-0.25, -0.2) is 0 Å². The molecule has 0 fully saturated rings. The van der Waals surface area contributed by atoms with Crippen LogP contribution in [0.3, 0.4) is 0 Å². The molecule has 22 heavy (non-hydrogen) atoms. The van der Waals surface area contributed by atoms with Crippen LogP contribution in [0.4, 0.5) is 0 Å². The number of aromatic nitrogens is 1. The molecule has 116 valence electrons. The molecule has 4 N–H and O–H groups in total. The highest BCUT2D eigenvalue weighted by Gasteiger charge is 2.24. The van der Waals surface area contributed by atoms with E-state index >= 15 is 0 Å². The van der Waals surface area contributed by atoms with Gasteiger partial charge in [0.2, 0.25) is 11.8 Å². The van der Waals surface area contributed by atoms with Gasteiger partial charge in [-0.3, -0.25) is 14.4 Å². The van der Waals surface area contributed by atoms with E-state index in [-0.39, 0.29) is 6.42 Å². The van der Waals surface area contributed by atoms with Crippen molar-refractivity contribution in [3.05, 3.63) is 36.0 Å². The molecule has 3 amide bonds. The van der Waals surface area contributed by atoms with Gasteiger partial charge in [0.25, 0.3) is 5.91 Å². The largest absolute Gasteiger partial charge is 0.370 e. The normalized spacial score (nSPS) is 11.9. The zero-order valence-electron chi connectivity index (χ0n) is 12.4. The van der Waals surface area contributed by atoms with Crippen molar-refractivity contribution in [2.45, 2.75) is 12.5 Å². The van der Waals surface area contributed by atoms with Crippen molar-refractivity contribution in [3.63, 3.8) is 0 Å². The lowest BCUT2D eigenvalue weighted by atomic mass is 10.1. The number of aryl methyl sites for hydroxylation is 1. The number of para-hydroxylation sites is 1. The molecule has 1 aromatic heterocycles. The van der Waals surface area contributed by atoms with Crippen molar-refractivity contribution in [3.8, 4) is 0 Å². The fraction of sp³-hybridized carbons (Fsp3) is 0.267. The number of nitrogens with two attached hydrogens (primary N) is 1. The third-order valence-corrected chi connectivity index (χ3v) is 3.46. The van der Waals surface area contributed by atoms with Crippen molar-refractivity contribution < 1.29 is 14.4 Å². The van der Waals surface area contributed by atoms with Gasteiger partial charge in [-0.15, -0.1) is 0 Å². The summed E-state index contributed by atoms with van der Waals surface area (Å²) < 4.78 is 1.73. The Morgan fingerprint density at radius 2 is 1.95 bits per heavy atom. The second-order valence-electron chi connectivity index (χ2n) is 4.96. The van der Waals surface area contributed by atoms with E-state index in [1.54, 1.807) is 17.7 Å². The van der Waals surface area contributed by atoms with E-state index < -0.39 is 23.8 Å². The molecular formula is C15H18N4O3. The molecule has 1 aromatic carbocycles. The van der Waals surface area contributed by atoms with Crippen molar-refractivity contribution in [1.29, 1.82) is 0 Å². The number of benzene rings is 1. The Morgan fingerprint density at radius 1 is 1.27 bits per heavy atom. The van der Waals surface area contributed by atoms with Crippen LogP contribution in [-0.2, 0) is 16.6 Å². The maximum absolute atomic E-state index is 12.4. The summed E-state index contributed by atoms with van der Waals surface area (Å²) >= 11 is 0. The van der Waals surface area contributed by atoms with Crippen LogP contribution in [-0.4, -0.2) is 35.4 Å². The summed E-state index contributed by atoms with van der Waals surface area (Å²) in [6.07, 6.45) is -0.255. The van der Waals surface area contributed by atoms with E-state index in [1.165, 1.54) is 7.05 Å². The summed E-state index contributed by atoms with van der Waals surface area (Å²) in [5.41, 5.74) is 6.42. The molecule has 2 rings (SSSR count). The fourth-order valence-electron chi connectivity index (χ4n) is 2.32. The Labute approximate surface area is 127 Å². The number of amides is 3. The van der Waals surface area contributed by atoms with Gasteiger partial charge in [0, 0.05) is 25.0 Å². The molecule has 1 atom stereocenters. The van der Waals surface area contributed by atoms with Crippen LogP contribution in [0.5, 0.6) is 0 Å². The summed E-state index contributed by atoms with van der Waals surface area (Å²) in [5.74, 6) is -1.56. The number of carbonyl (C=O) groups is 3. The van der Waals surface area contributed by atoms with Crippen LogP contribution in [0, 0.1) is 0 Å². The second-order valence-corrected chi connectivity index (χ2v) is 4.96. The SMILES string of the molecule is CNC(=O)[C@H](CC(N)=O)NC(=O)c1cc2ccccc2n1C. The highest BCUT2D eigenvalue weighted by molar-refractivity contribution is 6.01. The monoisotopic (exact) mass is 302 g/mol. The molecule has 0 aliphatic heterocycles. The number of nitrogens with zero attached hydrogens (tertiary/aromatic N) is 1. The smallest absolute Gasteiger partial charge is 0.268 e. The molecule has 7 heteroatoms. The quantitative estimate of drug-likeness (QED) is 0.718. The molecule has 0 bridgehead atoms. The van der Waals surface area contributed by atoms with Crippen molar-refractivity contribution in [1.82, 2.24) is 15.2 Å². The maximum atomic E-state index is 12.4. The third kappa shape index (κ3) is 3.08. The lowest BCUT2D eigenvalue weighted by Crippen LogP contribution is -2.48. The molecule has 0 saturated heterocycles. The summed E-state index contributed by atoms with van der Waals surface area (Å²) in [6.45, 7) is 0. The minimum absolute atomic E-state index is 0.255. The number of hydrogen-bond donors (Lipinski definition) is 3. The van der Waals surface area contributed by atoms with Crippen LogP contribution in [0.1, 0.15) is 16.9 Å². The first-order valence-corrected chi connectivity index (χ1v) is 6.79. The molecule has 0 aliphatic carbocycles. The van der Waals surface area contributed by atoms with Gasteiger partial charge in [-0.1, -0.05) is 18.2 Å². The molecule has 0 spiro atoms. The Bertz CT molecular complexity index is 735. The number of likely N-dealkylation sites (N-methyl/N-ethyl adjacent to an activating group) is 1. The topological polar surface area (TPSA) is 106 Å². The van der Waals surface area contributed by atoms with E-state index in [1.807, 2.05) is 24.3 Å². The van der Waals surface area contributed by atoms with Crippen molar-refractivity contribution in [2.24, 2.45) is 12.8 Å². The maximum Gasteiger partial charge on any atom is 0.268 e. The molecule has 0 radical (unpaired) electrons. The van der Waals surface area contributed by atoms with Crippen molar-refractivity contribution in [2.75, 3.05) is 7.05 Å². The molecule has 0 unspecified atom stereocenters. The molecule has 0 aliphatic rings. The van der Waals surface area contributed by atoms with Crippen LogP contribution in [0.15, 0.2) is 30.3 Å². The summed E-state index contributed by atoms with van der Waals surface area (Å²) in [5, 5.41) is 5.86. The average molecular weight is 302 g/mol. The molecular weight excluding hydrogens is 284 g/mol. The minimum atomic E-state index is -0.993. The molecule has 0 saturated carbocycles. The van der Waals surface area contributed by atoms with E-state index in [9.17, 15) is 14.4 Å². The van der Waals surface area contributed by atoms with Crippen LogP contribution >= 0.6 is 0 Å². The number of rotatable bonds is 5. The van der Waals surface area contributed by atoms with Gasteiger partial charge < -0.3 is 20.9 Å². The second kappa shape index (κ2) is 6.30. The summed E-state index contributed by atoms with van der Waals surface area (Å²) in [4.78, 5) is 35.2. The Balaban J connectivity index is 2.26. The number of nitrogens with one attached hydrogen (secondary N) is 2. The number of primary amides is 1. The molecule has 2 aromatic rings. The van der Waals surface area contributed by atoms with Crippen molar-refractivity contribution >= 4 is 28.6 Å². The van der Waals surface area contributed by atoms with E-state index in [4.69, 9.17) is 5.73 Å². The lowest BCUT2D eigenvalue weighted by Gasteiger charge is -2.16. The molecule has 7 nitrogen and oxygen atoms in total. The van der Waals surface area contributed by atoms with Crippen LogP contribution < -0.4 is 16.4 Å². The minimum Gasteiger partial charge on any atom is -0.370 e. The number of fused-ring (bicyclic) bond motifs is 1. The van der Waals surface area contributed by atoms with Gasteiger partial charge in [0.1, 0.15) is 11.7 Å². The summed E-state index contributed by atoms with van der Waals surface area (Å²) in [6, 6.07) is 8.29. The first kappa shape index (κ1) is 15.6. The number of carbonyl (C=O) groups excluding carboxylic acids is 3. The Morgan fingerprint density at radius 3 is 2.55 bits per heavy atom. The average Bonchev–Trinajstić information content (AvgIpc) is 2.83. The lowest BCUT2D eigenvalue weighted by molar-refractivity contribution is -0.126. The first-order chi connectivity index (χ1) is 10.4. The van der Waals surface area contributed by atoms with E-state index in [0.717, 1.165) is 10.9 Å². The predicted octanol–water partition coefficient (Wildman–Crippen LogP) is -0.102. The van der Waals surface area contributed by atoms with Gasteiger partial charge in [-0.2, -0.15) is 0 Å². The van der Waals surface area contributed by atoms with E-state index in [2.05, 4.69) is 10.6 Å². The zero-order chi connectivity index (χ0) is 16.3. The van der Waals surface area contributed by atoms with Gasteiger partial charge in [0.05, 0.1) is 6.42 Å². The summed E-state index contributed by atoms with van der Waals surface area (Å²) in [7, 11) is 3.19. The predicted molar refractivity (Wildman–Crippen MR) is 82.1 cm³/mol. The Hall–Kier alpha value is -2.83. The van der Waals surface area contributed by atoms with Gasteiger partial charge in [0.15, 0.2) is 0 Å².